The van der Waals surface area contributed by atoms with Gasteiger partial charge in [-0.3, -0.25) is 4.90 Å². The maximum atomic E-state index is 13.1. The van der Waals surface area contributed by atoms with Gasteiger partial charge in [-0.1, -0.05) is 6.92 Å². The Kier molecular flexibility index (Phi) is 4.99. The van der Waals surface area contributed by atoms with Crippen molar-refractivity contribution in [2.24, 2.45) is 34.5 Å². The van der Waals surface area contributed by atoms with Gasteiger partial charge in [-0.2, -0.15) is 0 Å². The second kappa shape index (κ2) is 7.13. The molecule has 6 aliphatic rings. The van der Waals surface area contributed by atoms with Crippen molar-refractivity contribution < 1.29 is 34.3 Å². The number of aliphatic hydroxyl groups is 3. The number of ether oxygens (including phenoxy) is 4. The summed E-state index contributed by atoms with van der Waals surface area (Å²) < 4.78 is 24.5. The van der Waals surface area contributed by atoms with E-state index in [1.54, 1.807) is 28.4 Å². The van der Waals surface area contributed by atoms with Gasteiger partial charge in [-0.05, 0) is 31.7 Å². The summed E-state index contributed by atoms with van der Waals surface area (Å²) in [5, 5.41) is 36.7. The molecular formula is C25H41NO7. The molecule has 0 radical (unpaired) electrons. The predicted octanol–water partition coefficient (Wildman–Crippen LogP) is 0.271. The molecule has 1 saturated heterocycles. The molecule has 7 bridgehead atoms. The molecule has 0 aromatic heterocycles. The molecule has 6 fully saturated rings. The van der Waals surface area contributed by atoms with Crippen molar-refractivity contribution >= 4 is 0 Å². The number of fused-ring (bicyclic) bond motifs is 2. The van der Waals surface area contributed by atoms with Gasteiger partial charge in [-0.15, -0.1) is 0 Å². The Morgan fingerprint density at radius 2 is 1.85 bits per heavy atom. The first kappa shape index (κ1) is 23.1. The molecule has 5 saturated carbocycles. The minimum atomic E-state index is -1.40. The molecule has 0 aromatic carbocycles. The van der Waals surface area contributed by atoms with Gasteiger partial charge in [-0.25, -0.2) is 0 Å². The normalized spacial score (nSPS) is 60.9. The van der Waals surface area contributed by atoms with Crippen molar-refractivity contribution in [2.45, 2.75) is 74.3 Å². The van der Waals surface area contributed by atoms with Crippen LogP contribution in [0.2, 0.25) is 0 Å². The molecule has 3 N–H and O–H groups in total. The third-order valence-electron chi connectivity index (χ3n) is 11.6. The number of likely N-dealkylation sites (tertiary alicyclic amines) is 1. The number of nitrogens with zero attached hydrogens (tertiary/aromatic N) is 1. The summed E-state index contributed by atoms with van der Waals surface area (Å²) in [6.45, 7) is 4.26. The van der Waals surface area contributed by atoms with Gasteiger partial charge in [0.15, 0.2) is 0 Å². The van der Waals surface area contributed by atoms with E-state index >= 15 is 0 Å². The number of aliphatic hydroxyl groups excluding tert-OH is 2. The molecule has 33 heavy (non-hydrogen) atoms. The second-order valence-corrected chi connectivity index (χ2v) is 11.9. The highest BCUT2D eigenvalue weighted by Crippen LogP contribution is 2.80. The lowest BCUT2D eigenvalue weighted by atomic mass is 9.42. The zero-order valence-electron chi connectivity index (χ0n) is 20.6. The predicted molar refractivity (Wildman–Crippen MR) is 119 cm³/mol. The highest BCUT2D eigenvalue weighted by Gasteiger charge is 2.91. The summed E-state index contributed by atoms with van der Waals surface area (Å²) >= 11 is 0. The summed E-state index contributed by atoms with van der Waals surface area (Å²) in [5.41, 5.74) is -3.24. The third kappa shape index (κ3) is 2.16. The maximum Gasteiger partial charge on any atom is 0.136 e. The molecule has 0 amide bonds. The highest BCUT2D eigenvalue weighted by molar-refractivity contribution is 5.41. The Morgan fingerprint density at radius 3 is 2.45 bits per heavy atom. The number of likely N-dealkylation sites (N-methyl/N-ethyl adjacent to an activating group) is 1. The quantitative estimate of drug-likeness (QED) is 0.512. The van der Waals surface area contributed by atoms with E-state index in [4.69, 9.17) is 18.9 Å². The molecule has 1 aliphatic heterocycles. The monoisotopic (exact) mass is 467 g/mol. The zero-order valence-corrected chi connectivity index (χ0v) is 20.6. The van der Waals surface area contributed by atoms with E-state index in [0.29, 0.717) is 19.4 Å². The van der Waals surface area contributed by atoms with Gasteiger partial charge in [0.25, 0.3) is 0 Å². The Bertz CT molecular complexity index is 814. The van der Waals surface area contributed by atoms with Crippen LogP contribution in [0.25, 0.3) is 0 Å². The van der Waals surface area contributed by atoms with Crippen LogP contribution in [-0.4, -0.2) is 110 Å². The van der Waals surface area contributed by atoms with Crippen LogP contribution in [0.15, 0.2) is 0 Å². The summed E-state index contributed by atoms with van der Waals surface area (Å²) in [4.78, 5) is 2.38. The third-order valence-corrected chi connectivity index (χ3v) is 11.6. The minimum Gasteiger partial charge on any atom is -0.392 e. The Hall–Kier alpha value is -0.320. The van der Waals surface area contributed by atoms with E-state index in [0.717, 1.165) is 25.9 Å². The van der Waals surface area contributed by atoms with E-state index in [9.17, 15) is 15.3 Å². The SMILES string of the molecule is CCN1C[C@]2(COC)CC[C@H](O)C34[C@@H]5C[C@H]6[C@H](O)[C@@H]5[C@](OC)(C[C@@H]6OC)[C@@](O)([C@@H](OC)[C@@H]32)[C@@H]14. The molecule has 8 nitrogen and oxygen atoms in total. The average Bonchev–Trinajstić information content (AvgIpc) is 3.16. The molecule has 188 valence electrons. The summed E-state index contributed by atoms with van der Waals surface area (Å²) in [6, 6.07) is -0.312. The van der Waals surface area contributed by atoms with Gasteiger partial charge in [0.05, 0.1) is 37.1 Å². The Labute approximate surface area is 196 Å². The van der Waals surface area contributed by atoms with E-state index in [1.165, 1.54) is 0 Å². The summed E-state index contributed by atoms with van der Waals surface area (Å²) in [5.74, 6) is -0.360. The number of methoxy groups -OCH3 is 4. The number of piperidine rings is 1. The molecule has 6 rings (SSSR count). The zero-order chi connectivity index (χ0) is 23.6. The molecule has 5 aliphatic carbocycles. The molecule has 1 heterocycles. The second-order valence-electron chi connectivity index (χ2n) is 11.9. The van der Waals surface area contributed by atoms with Gasteiger partial charge in [0, 0.05) is 70.0 Å². The van der Waals surface area contributed by atoms with E-state index in [-0.39, 0.29) is 41.2 Å². The number of rotatable bonds is 6. The van der Waals surface area contributed by atoms with Crippen LogP contribution in [0, 0.1) is 34.5 Å². The highest BCUT2D eigenvalue weighted by atomic mass is 16.5. The van der Waals surface area contributed by atoms with Crippen LogP contribution >= 0.6 is 0 Å². The topological polar surface area (TPSA) is 101 Å². The largest absolute Gasteiger partial charge is 0.392 e. The van der Waals surface area contributed by atoms with Crippen LogP contribution in [0.4, 0.5) is 0 Å². The van der Waals surface area contributed by atoms with Gasteiger partial charge in [0.2, 0.25) is 0 Å². The van der Waals surface area contributed by atoms with Crippen molar-refractivity contribution in [3.63, 3.8) is 0 Å². The van der Waals surface area contributed by atoms with Crippen LogP contribution in [-0.2, 0) is 18.9 Å². The molecule has 1 unspecified atom stereocenters. The molecule has 8 heteroatoms. The molecule has 1 spiro atoms. The van der Waals surface area contributed by atoms with Crippen LogP contribution in [0.3, 0.4) is 0 Å². The van der Waals surface area contributed by atoms with Gasteiger partial charge in [0.1, 0.15) is 11.2 Å². The number of hydrogen-bond donors (Lipinski definition) is 3. The first-order valence-corrected chi connectivity index (χ1v) is 12.7. The van der Waals surface area contributed by atoms with E-state index in [2.05, 4.69) is 11.8 Å². The standard InChI is InChI=1S/C25H41NO7/c1-6-26-11-22(12-30-2)8-7-16(27)24-14-9-13-15(31-3)10-23(33-5,17(14)18(13)28)25(29,21(24)26)20(32-4)19(22)24/h13-21,27-29H,6-12H2,1-5H3/t13-,14-,15+,16+,17-,18+,19-,20+,21+,22+,23-,24?,25-/m1/s1. The molecular weight excluding hydrogens is 426 g/mol. The van der Waals surface area contributed by atoms with E-state index in [1.807, 2.05) is 0 Å². The first-order valence-electron chi connectivity index (χ1n) is 12.7. The fourth-order valence-corrected chi connectivity index (χ4v) is 11.0. The van der Waals surface area contributed by atoms with Crippen LogP contribution < -0.4 is 0 Å². The fourth-order valence-electron chi connectivity index (χ4n) is 11.0. The Balaban J connectivity index is 1.68. The van der Waals surface area contributed by atoms with Crippen molar-refractivity contribution in [3.8, 4) is 0 Å². The average molecular weight is 468 g/mol. The number of hydrogen-bond acceptors (Lipinski definition) is 8. The lowest BCUT2D eigenvalue weighted by Gasteiger charge is -2.70. The van der Waals surface area contributed by atoms with Gasteiger partial charge >= 0.3 is 0 Å². The molecule has 13 atom stereocenters. The van der Waals surface area contributed by atoms with Crippen LogP contribution in [0.5, 0.6) is 0 Å². The molecule has 0 aromatic rings. The lowest BCUT2D eigenvalue weighted by Crippen LogP contribution is -2.82. The fraction of sp³-hybridized carbons (Fsp3) is 1.00. The minimum absolute atomic E-state index is 0.00825. The lowest BCUT2D eigenvalue weighted by molar-refractivity contribution is -0.324. The Morgan fingerprint density at radius 1 is 1.09 bits per heavy atom. The van der Waals surface area contributed by atoms with Crippen molar-refractivity contribution in [3.05, 3.63) is 0 Å². The van der Waals surface area contributed by atoms with E-state index < -0.39 is 34.9 Å². The van der Waals surface area contributed by atoms with Crippen molar-refractivity contribution in [2.75, 3.05) is 48.1 Å². The summed E-state index contributed by atoms with van der Waals surface area (Å²) in [7, 11) is 6.79. The van der Waals surface area contributed by atoms with Crippen LogP contribution in [0.1, 0.15) is 32.6 Å². The van der Waals surface area contributed by atoms with Crippen molar-refractivity contribution in [1.82, 2.24) is 4.90 Å². The van der Waals surface area contributed by atoms with Crippen molar-refractivity contribution in [1.29, 1.82) is 0 Å². The maximum absolute atomic E-state index is 13.1. The smallest absolute Gasteiger partial charge is 0.136 e. The van der Waals surface area contributed by atoms with Gasteiger partial charge < -0.3 is 34.3 Å². The first-order chi connectivity index (χ1) is 15.8. The summed E-state index contributed by atoms with van der Waals surface area (Å²) in [6.07, 6.45) is 0.834.